The first-order valence-corrected chi connectivity index (χ1v) is 11.5. The predicted octanol–water partition coefficient (Wildman–Crippen LogP) is 5.76. The smallest absolute Gasteiger partial charge is 0.341 e. The minimum atomic E-state index is -0.869. The van der Waals surface area contributed by atoms with Gasteiger partial charge in [-0.1, -0.05) is 58.6 Å². The molecule has 0 bridgehead atoms. The number of benzene rings is 2. The van der Waals surface area contributed by atoms with Gasteiger partial charge in [-0.15, -0.1) is 0 Å². The molecule has 0 unspecified atom stereocenters. The third-order valence-corrected chi connectivity index (χ3v) is 5.58. The van der Waals surface area contributed by atoms with Crippen LogP contribution in [0.15, 0.2) is 36.4 Å². The zero-order valence-corrected chi connectivity index (χ0v) is 21.2. The topological polar surface area (TPSA) is 72.8 Å². The normalized spacial score (nSPS) is 15.9. The predicted molar refractivity (Wildman–Crippen MR) is 132 cm³/mol. The Kier molecular flexibility index (Phi) is 6.85. The molecule has 3 rings (SSSR count). The van der Waals surface area contributed by atoms with Crippen LogP contribution in [0.4, 0.5) is 0 Å². The molecule has 1 heterocycles. The second-order valence-corrected chi connectivity index (χ2v) is 11.5. The SMILES string of the molecule is CC(C)(C)COC(=O)c1cc(C#Cc2ccc(CC(=O)O)cc2)cc2c1OC(C)(C)CC2(C)C. The summed E-state index contributed by atoms with van der Waals surface area (Å²) in [6.45, 7) is 14.7. The van der Waals surface area contributed by atoms with Gasteiger partial charge in [-0.2, -0.15) is 0 Å². The van der Waals surface area contributed by atoms with Crippen LogP contribution in [-0.2, 0) is 21.4 Å². The van der Waals surface area contributed by atoms with Crippen molar-refractivity contribution in [2.75, 3.05) is 6.61 Å². The van der Waals surface area contributed by atoms with Gasteiger partial charge in [-0.3, -0.25) is 4.79 Å². The van der Waals surface area contributed by atoms with Crippen molar-refractivity contribution in [3.63, 3.8) is 0 Å². The molecule has 5 heteroatoms. The van der Waals surface area contributed by atoms with E-state index in [2.05, 4.69) is 25.7 Å². The van der Waals surface area contributed by atoms with Crippen molar-refractivity contribution in [3.8, 4) is 17.6 Å². The van der Waals surface area contributed by atoms with Crippen LogP contribution in [0, 0.1) is 17.3 Å². The Hall–Kier alpha value is -3.26. The first-order valence-electron chi connectivity index (χ1n) is 11.5. The second-order valence-electron chi connectivity index (χ2n) is 11.5. The first-order chi connectivity index (χ1) is 15.7. The third kappa shape index (κ3) is 6.41. The summed E-state index contributed by atoms with van der Waals surface area (Å²) in [5.74, 6) is 5.58. The quantitative estimate of drug-likeness (QED) is 0.462. The molecular formula is C29H34O5. The Bertz CT molecular complexity index is 1150. The molecule has 0 fully saturated rings. The molecule has 0 atom stereocenters. The summed E-state index contributed by atoms with van der Waals surface area (Å²) < 4.78 is 11.9. The van der Waals surface area contributed by atoms with Crippen LogP contribution in [-0.4, -0.2) is 29.3 Å². The van der Waals surface area contributed by atoms with Gasteiger partial charge in [0.2, 0.25) is 0 Å². The Morgan fingerprint density at radius 3 is 2.24 bits per heavy atom. The summed E-state index contributed by atoms with van der Waals surface area (Å²) in [5.41, 5.74) is 2.73. The minimum absolute atomic E-state index is 0.0238. The second kappa shape index (κ2) is 9.18. The maximum atomic E-state index is 13.1. The van der Waals surface area contributed by atoms with Crippen molar-refractivity contribution in [3.05, 3.63) is 64.2 Å². The van der Waals surface area contributed by atoms with Crippen molar-refractivity contribution in [1.82, 2.24) is 0 Å². The lowest BCUT2D eigenvalue weighted by Crippen LogP contribution is -2.42. The molecule has 1 aliphatic rings. The number of hydrogen-bond donors (Lipinski definition) is 1. The Morgan fingerprint density at radius 2 is 1.65 bits per heavy atom. The van der Waals surface area contributed by atoms with Gasteiger partial charge in [-0.05, 0) is 60.9 Å². The molecule has 0 spiro atoms. The van der Waals surface area contributed by atoms with E-state index < -0.39 is 17.5 Å². The van der Waals surface area contributed by atoms with Crippen LogP contribution < -0.4 is 4.74 Å². The number of ether oxygens (including phenoxy) is 2. The number of carboxylic acids is 1. The maximum absolute atomic E-state index is 13.1. The summed E-state index contributed by atoms with van der Waals surface area (Å²) in [4.78, 5) is 24.0. The third-order valence-electron chi connectivity index (χ3n) is 5.58. The van der Waals surface area contributed by atoms with Gasteiger partial charge < -0.3 is 14.6 Å². The van der Waals surface area contributed by atoms with E-state index in [1.165, 1.54) is 0 Å². The van der Waals surface area contributed by atoms with Gasteiger partial charge in [0.15, 0.2) is 0 Å². The van der Waals surface area contributed by atoms with Crippen molar-refractivity contribution in [2.24, 2.45) is 5.41 Å². The number of hydrogen-bond acceptors (Lipinski definition) is 4. The van der Waals surface area contributed by atoms with E-state index in [4.69, 9.17) is 14.6 Å². The van der Waals surface area contributed by atoms with Crippen LogP contribution in [0.25, 0.3) is 0 Å². The Labute approximate surface area is 202 Å². The zero-order chi connectivity index (χ0) is 25.3. The van der Waals surface area contributed by atoms with E-state index in [1.807, 2.05) is 40.7 Å². The molecule has 0 radical (unpaired) electrons. The lowest BCUT2D eigenvalue weighted by molar-refractivity contribution is -0.136. The Morgan fingerprint density at radius 1 is 1.03 bits per heavy atom. The number of carbonyl (C=O) groups excluding carboxylic acids is 1. The highest BCUT2D eigenvalue weighted by Crippen LogP contribution is 2.47. The molecular weight excluding hydrogens is 428 g/mol. The fourth-order valence-corrected chi connectivity index (χ4v) is 4.32. The van der Waals surface area contributed by atoms with Crippen molar-refractivity contribution in [1.29, 1.82) is 0 Å². The van der Waals surface area contributed by atoms with E-state index in [0.29, 0.717) is 23.5 Å². The van der Waals surface area contributed by atoms with Gasteiger partial charge in [-0.25, -0.2) is 4.79 Å². The fourth-order valence-electron chi connectivity index (χ4n) is 4.32. The average molecular weight is 463 g/mol. The van der Waals surface area contributed by atoms with E-state index in [1.54, 1.807) is 30.3 Å². The molecule has 0 saturated heterocycles. The fraction of sp³-hybridized carbons (Fsp3) is 0.448. The van der Waals surface area contributed by atoms with E-state index >= 15 is 0 Å². The van der Waals surface area contributed by atoms with E-state index in [0.717, 1.165) is 23.1 Å². The largest absolute Gasteiger partial charge is 0.487 e. The van der Waals surface area contributed by atoms with Crippen LogP contribution in [0.2, 0.25) is 0 Å². The molecule has 1 N–H and O–H groups in total. The monoisotopic (exact) mass is 462 g/mol. The number of aliphatic carboxylic acids is 1. The van der Waals surface area contributed by atoms with Gasteiger partial charge in [0.25, 0.3) is 0 Å². The van der Waals surface area contributed by atoms with E-state index in [9.17, 15) is 9.59 Å². The average Bonchev–Trinajstić information content (AvgIpc) is 2.69. The number of carbonyl (C=O) groups is 2. The van der Waals surface area contributed by atoms with Gasteiger partial charge >= 0.3 is 11.9 Å². The van der Waals surface area contributed by atoms with Gasteiger partial charge in [0, 0.05) is 16.7 Å². The number of rotatable bonds is 4. The van der Waals surface area contributed by atoms with Gasteiger partial charge in [0.1, 0.15) is 16.9 Å². The minimum Gasteiger partial charge on any atom is -0.487 e. The van der Waals surface area contributed by atoms with Crippen molar-refractivity contribution >= 4 is 11.9 Å². The van der Waals surface area contributed by atoms with Crippen molar-refractivity contribution < 1.29 is 24.2 Å². The maximum Gasteiger partial charge on any atom is 0.341 e. The number of carboxylic acid groups (broad SMARTS) is 1. The van der Waals surface area contributed by atoms with Crippen LogP contribution in [0.5, 0.6) is 5.75 Å². The molecule has 0 aromatic heterocycles. The lowest BCUT2D eigenvalue weighted by Gasteiger charge is -2.43. The molecule has 0 aliphatic carbocycles. The highest BCUT2D eigenvalue weighted by molar-refractivity contribution is 5.94. The molecule has 0 saturated carbocycles. The molecule has 2 aromatic rings. The summed E-state index contributed by atoms with van der Waals surface area (Å²) in [5, 5.41) is 8.94. The molecule has 2 aromatic carbocycles. The van der Waals surface area contributed by atoms with Crippen LogP contribution in [0.3, 0.4) is 0 Å². The summed E-state index contributed by atoms with van der Waals surface area (Å²) >= 11 is 0. The molecule has 34 heavy (non-hydrogen) atoms. The summed E-state index contributed by atoms with van der Waals surface area (Å²) in [6, 6.07) is 10.9. The molecule has 5 nitrogen and oxygen atoms in total. The number of fused-ring (bicyclic) bond motifs is 1. The number of esters is 1. The first kappa shape index (κ1) is 25.4. The van der Waals surface area contributed by atoms with E-state index in [-0.39, 0.29) is 17.3 Å². The molecule has 1 aliphatic heterocycles. The molecule has 180 valence electrons. The van der Waals surface area contributed by atoms with Crippen molar-refractivity contribution in [2.45, 2.75) is 72.3 Å². The standard InChI is InChI=1S/C29H34O5/c1-27(2,3)18-33-26(32)22-14-21(13-10-19-8-11-20(12-9-19)16-24(30)31)15-23-25(22)34-29(6,7)17-28(23,4)5/h8-9,11-12,14-15H,16-18H2,1-7H3,(H,30,31). The lowest BCUT2D eigenvalue weighted by atomic mass is 9.72. The van der Waals surface area contributed by atoms with Crippen LogP contribution in [0.1, 0.15) is 87.5 Å². The Balaban J connectivity index is 2.02. The zero-order valence-electron chi connectivity index (χ0n) is 21.2. The molecule has 0 amide bonds. The highest BCUT2D eigenvalue weighted by Gasteiger charge is 2.41. The van der Waals surface area contributed by atoms with Gasteiger partial charge in [0.05, 0.1) is 13.0 Å². The van der Waals surface area contributed by atoms with Crippen LogP contribution >= 0.6 is 0 Å². The summed E-state index contributed by atoms with van der Waals surface area (Å²) in [7, 11) is 0. The highest BCUT2D eigenvalue weighted by atomic mass is 16.5. The summed E-state index contributed by atoms with van der Waals surface area (Å²) in [6.07, 6.45) is 0.773.